The SMILES string of the molecule is Cc1ccccc1NC(=O)/C(C#N)=C/c1ccc(C(C)C)cc1. The Morgan fingerprint density at radius 2 is 1.78 bits per heavy atom. The molecule has 0 bridgehead atoms. The zero-order valence-electron chi connectivity index (χ0n) is 13.6. The number of hydrogen-bond donors (Lipinski definition) is 1. The Balaban J connectivity index is 2.20. The molecule has 3 heteroatoms. The fraction of sp³-hybridized carbons (Fsp3) is 0.200. The van der Waals surface area contributed by atoms with Gasteiger partial charge in [-0.25, -0.2) is 0 Å². The minimum Gasteiger partial charge on any atom is -0.321 e. The summed E-state index contributed by atoms with van der Waals surface area (Å²) in [5.74, 6) is 0.0579. The van der Waals surface area contributed by atoms with Gasteiger partial charge in [-0.05, 0) is 41.7 Å². The molecule has 3 nitrogen and oxygen atoms in total. The van der Waals surface area contributed by atoms with E-state index in [9.17, 15) is 10.1 Å². The van der Waals surface area contributed by atoms with E-state index >= 15 is 0 Å². The quantitative estimate of drug-likeness (QED) is 0.659. The lowest BCUT2D eigenvalue weighted by molar-refractivity contribution is -0.112. The van der Waals surface area contributed by atoms with Crippen LogP contribution in [0.4, 0.5) is 5.69 Å². The fourth-order valence-electron chi connectivity index (χ4n) is 2.20. The number of anilines is 1. The van der Waals surface area contributed by atoms with Crippen LogP contribution in [0.25, 0.3) is 6.08 Å². The van der Waals surface area contributed by atoms with E-state index in [4.69, 9.17) is 0 Å². The molecule has 0 radical (unpaired) electrons. The van der Waals surface area contributed by atoms with Crippen LogP contribution in [-0.4, -0.2) is 5.91 Å². The second-order valence-corrected chi connectivity index (χ2v) is 5.76. The molecule has 0 atom stereocenters. The van der Waals surface area contributed by atoms with Crippen molar-refractivity contribution in [3.63, 3.8) is 0 Å². The summed E-state index contributed by atoms with van der Waals surface area (Å²) in [5, 5.41) is 12.1. The van der Waals surface area contributed by atoms with Crippen molar-refractivity contribution in [1.29, 1.82) is 5.26 Å². The van der Waals surface area contributed by atoms with E-state index in [0.29, 0.717) is 11.6 Å². The van der Waals surface area contributed by atoms with Crippen molar-refractivity contribution in [2.24, 2.45) is 0 Å². The number of amides is 1. The second kappa shape index (κ2) is 7.42. The molecular formula is C20H20N2O. The highest BCUT2D eigenvalue weighted by atomic mass is 16.1. The van der Waals surface area contributed by atoms with Gasteiger partial charge in [-0.2, -0.15) is 5.26 Å². The highest BCUT2D eigenvalue weighted by molar-refractivity contribution is 6.09. The van der Waals surface area contributed by atoms with Crippen LogP contribution in [0.5, 0.6) is 0 Å². The molecule has 0 aliphatic rings. The van der Waals surface area contributed by atoms with Crippen LogP contribution in [0.3, 0.4) is 0 Å². The van der Waals surface area contributed by atoms with Crippen molar-refractivity contribution >= 4 is 17.7 Å². The molecule has 23 heavy (non-hydrogen) atoms. The minimum atomic E-state index is -0.394. The molecule has 1 amide bonds. The maximum Gasteiger partial charge on any atom is 0.266 e. The third-order valence-corrected chi connectivity index (χ3v) is 3.67. The number of rotatable bonds is 4. The van der Waals surface area contributed by atoms with Gasteiger partial charge in [0, 0.05) is 5.69 Å². The Labute approximate surface area is 137 Å². The predicted molar refractivity (Wildman–Crippen MR) is 93.9 cm³/mol. The summed E-state index contributed by atoms with van der Waals surface area (Å²) in [7, 11) is 0. The lowest BCUT2D eigenvalue weighted by Gasteiger charge is -2.08. The highest BCUT2D eigenvalue weighted by Crippen LogP contribution is 2.18. The maximum absolute atomic E-state index is 12.3. The van der Waals surface area contributed by atoms with E-state index in [2.05, 4.69) is 19.2 Å². The van der Waals surface area contributed by atoms with Gasteiger partial charge in [0.1, 0.15) is 11.6 Å². The van der Waals surface area contributed by atoms with Gasteiger partial charge in [0.05, 0.1) is 0 Å². The largest absolute Gasteiger partial charge is 0.321 e. The summed E-state index contributed by atoms with van der Waals surface area (Å²) in [5.41, 5.74) is 3.83. The maximum atomic E-state index is 12.3. The molecule has 116 valence electrons. The molecule has 0 fully saturated rings. The van der Waals surface area contributed by atoms with E-state index in [1.165, 1.54) is 5.56 Å². The molecule has 0 aromatic heterocycles. The molecule has 0 aliphatic heterocycles. The number of hydrogen-bond acceptors (Lipinski definition) is 2. The standard InChI is InChI=1S/C20H20N2O/c1-14(2)17-10-8-16(9-11-17)12-18(13-21)20(23)22-19-7-5-4-6-15(19)3/h4-12,14H,1-3H3,(H,22,23)/b18-12+. The molecule has 0 saturated heterocycles. The van der Waals surface area contributed by atoms with Crippen molar-refractivity contribution in [1.82, 2.24) is 0 Å². The van der Waals surface area contributed by atoms with Crippen LogP contribution in [0, 0.1) is 18.3 Å². The van der Waals surface area contributed by atoms with Gasteiger partial charge < -0.3 is 5.32 Å². The van der Waals surface area contributed by atoms with E-state index in [1.807, 2.05) is 61.5 Å². The first-order valence-electron chi connectivity index (χ1n) is 7.60. The van der Waals surface area contributed by atoms with Crippen LogP contribution in [0.2, 0.25) is 0 Å². The Kier molecular flexibility index (Phi) is 5.32. The molecule has 2 aromatic rings. The van der Waals surface area contributed by atoms with Gasteiger partial charge in [0.15, 0.2) is 0 Å². The second-order valence-electron chi connectivity index (χ2n) is 5.76. The van der Waals surface area contributed by atoms with Crippen molar-refractivity contribution in [2.75, 3.05) is 5.32 Å². The number of carbonyl (C=O) groups is 1. The minimum absolute atomic E-state index is 0.0885. The third-order valence-electron chi connectivity index (χ3n) is 3.67. The monoisotopic (exact) mass is 304 g/mol. The van der Waals surface area contributed by atoms with Crippen LogP contribution in [0.1, 0.15) is 36.5 Å². The number of carbonyl (C=O) groups excluding carboxylic acids is 1. The lowest BCUT2D eigenvalue weighted by atomic mass is 10.0. The first kappa shape index (κ1) is 16.5. The molecule has 0 saturated carbocycles. The number of nitriles is 1. The molecule has 0 aliphatic carbocycles. The summed E-state index contributed by atoms with van der Waals surface area (Å²) >= 11 is 0. The fourth-order valence-corrected chi connectivity index (χ4v) is 2.20. The summed E-state index contributed by atoms with van der Waals surface area (Å²) in [6.45, 7) is 6.17. The first-order chi connectivity index (χ1) is 11.0. The number of nitrogens with one attached hydrogen (secondary N) is 1. The number of benzene rings is 2. The molecule has 2 aromatic carbocycles. The van der Waals surface area contributed by atoms with E-state index in [1.54, 1.807) is 6.08 Å². The normalized spacial score (nSPS) is 11.2. The Bertz CT molecular complexity index is 765. The van der Waals surface area contributed by atoms with E-state index < -0.39 is 5.91 Å². The van der Waals surface area contributed by atoms with Crippen LogP contribution in [-0.2, 0) is 4.79 Å². The molecule has 0 unspecified atom stereocenters. The first-order valence-corrected chi connectivity index (χ1v) is 7.60. The van der Waals surface area contributed by atoms with Crippen molar-refractivity contribution in [3.05, 3.63) is 70.8 Å². The molecule has 0 heterocycles. The molecule has 1 N–H and O–H groups in total. The summed E-state index contributed by atoms with van der Waals surface area (Å²) in [6.07, 6.45) is 1.61. The van der Waals surface area contributed by atoms with Gasteiger partial charge >= 0.3 is 0 Å². The van der Waals surface area contributed by atoms with E-state index in [-0.39, 0.29) is 5.57 Å². The summed E-state index contributed by atoms with van der Waals surface area (Å²) in [4.78, 5) is 12.3. The zero-order chi connectivity index (χ0) is 16.8. The average molecular weight is 304 g/mol. The number of aryl methyl sites for hydroxylation is 1. The average Bonchev–Trinajstić information content (AvgIpc) is 2.55. The number of nitrogens with zero attached hydrogens (tertiary/aromatic N) is 1. The topological polar surface area (TPSA) is 52.9 Å². The third kappa shape index (κ3) is 4.31. The lowest BCUT2D eigenvalue weighted by Crippen LogP contribution is -2.14. The van der Waals surface area contributed by atoms with Gasteiger partial charge in [0.2, 0.25) is 0 Å². The Morgan fingerprint density at radius 3 is 2.35 bits per heavy atom. The number of para-hydroxylation sites is 1. The zero-order valence-corrected chi connectivity index (χ0v) is 13.6. The van der Waals surface area contributed by atoms with Gasteiger partial charge in [-0.3, -0.25) is 4.79 Å². The Hall–Kier alpha value is -2.86. The van der Waals surface area contributed by atoms with Crippen molar-refractivity contribution in [2.45, 2.75) is 26.7 Å². The Morgan fingerprint density at radius 1 is 1.13 bits per heavy atom. The highest BCUT2D eigenvalue weighted by Gasteiger charge is 2.10. The smallest absolute Gasteiger partial charge is 0.266 e. The molecular weight excluding hydrogens is 284 g/mol. The molecule has 2 rings (SSSR count). The van der Waals surface area contributed by atoms with Crippen molar-refractivity contribution in [3.8, 4) is 6.07 Å². The summed E-state index contributed by atoms with van der Waals surface area (Å²) in [6, 6.07) is 17.3. The van der Waals surface area contributed by atoms with Gasteiger partial charge in [-0.1, -0.05) is 56.3 Å². The van der Waals surface area contributed by atoms with Gasteiger partial charge in [-0.15, -0.1) is 0 Å². The van der Waals surface area contributed by atoms with Crippen LogP contribution >= 0.6 is 0 Å². The molecule has 0 spiro atoms. The van der Waals surface area contributed by atoms with Crippen LogP contribution in [0.15, 0.2) is 54.1 Å². The van der Waals surface area contributed by atoms with Crippen molar-refractivity contribution < 1.29 is 4.79 Å². The van der Waals surface area contributed by atoms with Gasteiger partial charge in [0.25, 0.3) is 5.91 Å². The van der Waals surface area contributed by atoms with E-state index in [0.717, 1.165) is 11.1 Å². The van der Waals surface area contributed by atoms with Crippen LogP contribution < -0.4 is 5.32 Å². The summed E-state index contributed by atoms with van der Waals surface area (Å²) < 4.78 is 0. The predicted octanol–water partition coefficient (Wildman–Crippen LogP) is 4.66.